The summed E-state index contributed by atoms with van der Waals surface area (Å²) in [6, 6.07) is 48.5. The topological polar surface area (TPSA) is 321 Å². The van der Waals surface area contributed by atoms with E-state index in [4.69, 9.17) is 58.0 Å². The van der Waals surface area contributed by atoms with Crippen LogP contribution >= 0.6 is 58.0 Å². The lowest BCUT2D eigenvalue weighted by Gasteiger charge is -2.11. The van der Waals surface area contributed by atoms with E-state index in [9.17, 15) is 76.7 Å². The Hall–Kier alpha value is -14.6. The van der Waals surface area contributed by atoms with Crippen LogP contribution in [0.4, 0.5) is 81.3 Å². The number of benzene rings is 7. The predicted octanol–water partition coefficient (Wildman–Crippen LogP) is 24.5. The number of aryl methyl sites for hydroxylation is 4. The molecule has 10 aromatic heterocycles. The van der Waals surface area contributed by atoms with Crippen molar-refractivity contribution in [1.82, 2.24) is 69.4 Å². The fraction of sp³-hybridized carbons (Fsp3) is 0.121. The zero-order valence-corrected chi connectivity index (χ0v) is 72.9. The molecule has 17 aromatic rings. The number of aromatic nitrogens is 14. The molecule has 0 radical (unpaired) electrons. The van der Waals surface area contributed by atoms with Crippen LogP contribution in [0.1, 0.15) is 104 Å². The molecule has 17 rings (SSSR count). The Morgan fingerprint density at radius 2 is 0.659 bits per heavy atom. The van der Waals surface area contributed by atoms with Crippen LogP contribution in [0.15, 0.2) is 213 Å². The molecule has 0 fully saturated rings. The number of halogens is 17. The molecule has 41 heteroatoms. The fourth-order valence-corrected chi connectivity index (χ4v) is 14.3. The summed E-state index contributed by atoms with van der Waals surface area (Å²) in [6.07, 6.45) is -12.8. The highest BCUT2D eigenvalue weighted by Crippen LogP contribution is 2.39. The van der Waals surface area contributed by atoms with Gasteiger partial charge in [0.1, 0.15) is 51.9 Å². The first-order chi connectivity index (χ1) is 62.3. The predicted molar refractivity (Wildman–Crippen MR) is 480 cm³/mol. The van der Waals surface area contributed by atoms with Crippen molar-refractivity contribution in [2.24, 2.45) is 0 Å². The molecule has 8 N–H and O–H groups in total. The van der Waals surface area contributed by atoms with Gasteiger partial charge in [0.25, 0.3) is 23.6 Å². The number of alkyl halides is 12. The minimum atomic E-state index is -4.59. The molecule has 0 atom stereocenters. The number of hydrogen-bond donors (Lipinski definition) is 8. The van der Waals surface area contributed by atoms with Gasteiger partial charge in [0.15, 0.2) is 5.78 Å². The van der Waals surface area contributed by atoms with Gasteiger partial charge >= 0.3 is 24.7 Å². The second-order valence-corrected chi connectivity index (χ2v) is 31.5. The van der Waals surface area contributed by atoms with Gasteiger partial charge in [-0.1, -0.05) is 58.0 Å². The first kappa shape index (κ1) is 93.6. The van der Waals surface area contributed by atoms with Crippen molar-refractivity contribution in [2.45, 2.75) is 59.3 Å². The molecule has 0 saturated carbocycles. The molecule has 0 unspecified atom stereocenters. The number of pyridine rings is 5. The molecule has 4 amide bonds. The minimum absolute atomic E-state index is 0.0139. The number of imidazole rings is 4. The van der Waals surface area contributed by atoms with Crippen LogP contribution in [0.5, 0.6) is 0 Å². The molecule has 0 bridgehead atoms. The number of Topliss-reactive ketones (excluding diaryl/α,β-unsaturated/α-hetero) is 1. The quantitative estimate of drug-likeness (QED) is 0.0349. The number of rotatable bonds is 15. The van der Waals surface area contributed by atoms with Crippen LogP contribution in [0.25, 0.3) is 95.4 Å². The van der Waals surface area contributed by atoms with Crippen molar-refractivity contribution in [3.8, 4) is 51.2 Å². The second kappa shape index (κ2) is 37.8. The zero-order valence-electron chi connectivity index (χ0n) is 69.1. The van der Waals surface area contributed by atoms with Crippen LogP contribution in [0.3, 0.4) is 0 Å². The molecule has 10 heterocycles. The largest absolute Gasteiger partial charge is 0.433 e. The van der Waals surface area contributed by atoms with Gasteiger partial charge in [-0.05, 0) is 223 Å². The SMILES string of the molecule is CC(=O)c1ccc2nc(-c3cc(NC(=O)c4ccc(C(F)(F)F)nc4C)ccc3Cl)[nH]c2c1.Cc1nc(C(F)(F)F)ccc1C(=O)Nc1ccc(Cl)c(-c2nc3cc(N(C)C)ncc3[nH]2)c1.Cc1nc(C(F)(F)F)ccc1C(=O)Nc1ccc(Cl)c(-c2nc3ccc(-n4cccc4)cc3[nH]2)c1.Cc1nc(C(F)(F)F)ccc1C(=O)Nc1ccc(Cl)c(-c2nc3ccc(Cl)cc3[nH]2)c1. The Morgan fingerprint density at radius 1 is 0.348 bits per heavy atom. The summed E-state index contributed by atoms with van der Waals surface area (Å²) in [4.78, 5) is 113. The number of anilines is 5. The first-order valence-corrected chi connectivity index (χ1v) is 40.7. The number of nitrogens with one attached hydrogen (secondary N) is 8. The van der Waals surface area contributed by atoms with Gasteiger partial charge in [-0.3, -0.25) is 24.0 Å². The number of H-pyrrole nitrogens is 4. The van der Waals surface area contributed by atoms with Crippen LogP contribution in [-0.4, -0.2) is 113 Å². The summed E-state index contributed by atoms with van der Waals surface area (Å²) in [5.41, 5.74) is 6.60. The average Bonchev–Trinajstić information content (AvgIpc) is 1.69. The van der Waals surface area contributed by atoms with Crippen molar-refractivity contribution >= 4 is 160 Å². The van der Waals surface area contributed by atoms with E-state index in [1.54, 1.807) is 115 Å². The summed E-state index contributed by atoms with van der Waals surface area (Å²) in [6.45, 7) is 6.85. The maximum atomic E-state index is 12.9. The Bertz CT molecular complexity index is 7380. The van der Waals surface area contributed by atoms with Crippen molar-refractivity contribution < 1.29 is 76.7 Å². The third-order valence-corrected chi connectivity index (χ3v) is 21.5. The number of fused-ring (bicyclic) bond motifs is 4. The number of carbonyl (C=O) groups excluding carboxylic acids is 5. The first-order valence-electron chi connectivity index (χ1n) is 38.8. The molecule has 132 heavy (non-hydrogen) atoms. The summed E-state index contributed by atoms with van der Waals surface area (Å²) < 4.78 is 156. The summed E-state index contributed by atoms with van der Waals surface area (Å²) in [5.74, 6) is 0.182. The average molecular weight is 1910 g/mol. The highest BCUT2D eigenvalue weighted by Gasteiger charge is 2.37. The highest BCUT2D eigenvalue weighted by molar-refractivity contribution is 6.35. The Kier molecular flexibility index (Phi) is 26.8. The monoisotopic (exact) mass is 1910 g/mol. The van der Waals surface area contributed by atoms with Crippen LogP contribution < -0.4 is 26.2 Å². The van der Waals surface area contributed by atoms with E-state index in [2.05, 4.69) is 86.1 Å². The van der Waals surface area contributed by atoms with Gasteiger partial charge in [-0.2, -0.15) is 52.7 Å². The molecule has 672 valence electrons. The third-order valence-electron chi connectivity index (χ3n) is 19.9. The van der Waals surface area contributed by atoms with Crippen molar-refractivity contribution in [1.29, 1.82) is 0 Å². The van der Waals surface area contributed by atoms with E-state index in [0.29, 0.717) is 127 Å². The lowest BCUT2D eigenvalue weighted by atomic mass is 10.1. The van der Waals surface area contributed by atoms with Gasteiger partial charge < -0.3 is 50.7 Å². The van der Waals surface area contributed by atoms with Crippen LogP contribution in [0.2, 0.25) is 25.1 Å². The van der Waals surface area contributed by atoms with E-state index < -0.39 is 71.1 Å². The van der Waals surface area contributed by atoms with E-state index in [0.717, 1.165) is 76.6 Å². The number of carbonyl (C=O) groups is 5. The number of aromatic amines is 4. The Morgan fingerprint density at radius 3 is 0.985 bits per heavy atom. The van der Waals surface area contributed by atoms with Gasteiger partial charge in [-0.15, -0.1) is 0 Å². The Balaban J connectivity index is 0.000000142. The zero-order chi connectivity index (χ0) is 94.9. The number of ketones is 1. The van der Waals surface area contributed by atoms with Crippen molar-refractivity contribution in [2.75, 3.05) is 40.3 Å². The number of hydrogen-bond acceptors (Lipinski definition) is 15. The number of amides is 4. The fourth-order valence-electron chi connectivity index (χ4n) is 13.3. The molecule has 7 aromatic carbocycles. The summed E-state index contributed by atoms with van der Waals surface area (Å²) in [7, 11) is 3.75. The number of nitrogens with zero attached hydrogens (tertiary/aromatic N) is 11. The van der Waals surface area contributed by atoms with E-state index in [1.807, 2.05) is 72.4 Å². The summed E-state index contributed by atoms with van der Waals surface area (Å²) in [5, 5.41) is 12.8. The molecular weight excluding hydrogens is 1840 g/mol. The van der Waals surface area contributed by atoms with Crippen molar-refractivity contribution in [3.05, 3.63) is 311 Å². The van der Waals surface area contributed by atoms with E-state index >= 15 is 0 Å². The molecule has 24 nitrogen and oxygen atoms in total. The lowest BCUT2D eigenvalue weighted by Crippen LogP contribution is -2.16. The lowest BCUT2D eigenvalue weighted by molar-refractivity contribution is -0.142. The normalized spacial score (nSPS) is 11.6. The minimum Gasteiger partial charge on any atom is -0.363 e. The van der Waals surface area contributed by atoms with E-state index in [-0.39, 0.29) is 50.8 Å². The molecule has 0 saturated heterocycles. The molecule has 0 aliphatic carbocycles. The second-order valence-electron chi connectivity index (χ2n) is 29.4. The standard InChI is InChI=1S/C25H17ClF3N5O.C23H16ClF3N4O2.C22H18ClF3N6O.C21H13Cl2F3N4O/c1-14-17(6-9-22(30-14)25(27,28)29)24(35)31-15-4-7-19(26)18(12-15)23-32-20-8-5-16(13-21(20)33-23)34-10-2-3-11-34;1-11-15(5-8-20(28-11)23(25,26)27)22(33)29-14-4-6-17(24)16(10-14)21-30-18-7-3-13(12(2)32)9-19(18)31-21;1-11-13(5-7-18(28-11)22(24,25)26)21(33)29-12-4-6-15(23)14(8-12)20-30-16-9-19(32(2)3)27-10-17(16)31-20;1-10-13(4-7-18(27-10)21(24,25)26)20(31)28-12-3-5-15(23)14(9-12)19-29-16-6-2-11(22)8-17(16)30-19/h2-13H,1H3,(H,31,35)(H,32,33);3-10H,1-2H3,(H,29,33)(H,30,31);4-10H,1-3H3,(H,29,33)(H,30,31);2-9H,1H3,(H,28,31)(H,29,30). The van der Waals surface area contributed by atoms with Crippen molar-refractivity contribution in [3.63, 3.8) is 0 Å². The molecular formula is C91H64Cl5F12N19O5. The van der Waals surface area contributed by atoms with Gasteiger partial charge in [0.2, 0.25) is 0 Å². The molecule has 0 spiro atoms. The maximum absolute atomic E-state index is 12.9. The smallest absolute Gasteiger partial charge is 0.363 e. The van der Waals surface area contributed by atoms with E-state index in [1.165, 1.54) is 34.6 Å². The third kappa shape index (κ3) is 21.6. The van der Waals surface area contributed by atoms with Gasteiger partial charge in [0.05, 0.1) is 115 Å². The van der Waals surface area contributed by atoms with Gasteiger partial charge in [-0.25, -0.2) is 44.9 Å². The Labute approximate surface area is 763 Å². The molecule has 0 aliphatic heterocycles. The molecule has 0 aliphatic rings. The van der Waals surface area contributed by atoms with Crippen LogP contribution in [0, 0.1) is 27.7 Å². The highest BCUT2D eigenvalue weighted by atomic mass is 35.5. The summed E-state index contributed by atoms with van der Waals surface area (Å²) >= 11 is 31.4. The van der Waals surface area contributed by atoms with Crippen LogP contribution in [-0.2, 0) is 24.7 Å². The van der Waals surface area contributed by atoms with Gasteiger partial charge in [0, 0.05) is 93.8 Å². The maximum Gasteiger partial charge on any atom is 0.433 e.